The second-order valence-electron chi connectivity index (χ2n) is 4.97. The minimum atomic E-state index is 0.317. The van der Waals surface area contributed by atoms with Gasteiger partial charge in [0.15, 0.2) is 0 Å². The van der Waals surface area contributed by atoms with E-state index in [-0.39, 0.29) is 0 Å². The molecule has 0 bridgehead atoms. The molecule has 0 unspecified atom stereocenters. The van der Waals surface area contributed by atoms with Crippen molar-refractivity contribution < 1.29 is 5.11 Å². The number of phenolic OH excluding ortho intramolecular Hbond substituents is 1. The molecule has 3 rings (SSSR count). The van der Waals surface area contributed by atoms with Crippen LogP contribution in [-0.4, -0.2) is 5.11 Å². The van der Waals surface area contributed by atoms with Crippen molar-refractivity contribution in [2.45, 2.75) is 6.92 Å². The van der Waals surface area contributed by atoms with Gasteiger partial charge in [0.25, 0.3) is 0 Å². The standard InChI is InChI=1S/C19H16O/c1-14-11-16(15-7-3-2-4-8-15)13-17(12-14)18-9-5-6-10-19(18)20/h2-13,20H,1H3. The van der Waals surface area contributed by atoms with Crippen molar-refractivity contribution in [1.82, 2.24) is 0 Å². The van der Waals surface area contributed by atoms with E-state index in [1.807, 2.05) is 36.4 Å². The maximum atomic E-state index is 10.0. The fourth-order valence-corrected chi connectivity index (χ4v) is 2.45. The summed E-state index contributed by atoms with van der Waals surface area (Å²) in [5.41, 5.74) is 5.46. The Kier molecular flexibility index (Phi) is 3.26. The Morgan fingerprint density at radius 1 is 0.650 bits per heavy atom. The molecule has 0 saturated carbocycles. The number of hydrogen-bond acceptors (Lipinski definition) is 1. The second kappa shape index (κ2) is 5.22. The Hall–Kier alpha value is -2.54. The van der Waals surface area contributed by atoms with Crippen LogP contribution < -0.4 is 0 Å². The fourth-order valence-electron chi connectivity index (χ4n) is 2.45. The lowest BCUT2D eigenvalue weighted by Gasteiger charge is -2.09. The lowest BCUT2D eigenvalue weighted by molar-refractivity contribution is 0.477. The van der Waals surface area contributed by atoms with Gasteiger partial charge in [-0.25, -0.2) is 0 Å². The molecule has 0 aromatic heterocycles. The van der Waals surface area contributed by atoms with Crippen LogP contribution in [0.1, 0.15) is 5.56 Å². The van der Waals surface area contributed by atoms with E-state index in [4.69, 9.17) is 0 Å². The first-order valence-corrected chi connectivity index (χ1v) is 6.69. The van der Waals surface area contributed by atoms with E-state index in [2.05, 4.69) is 37.3 Å². The molecular formula is C19H16O. The number of phenols is 1. The fraction of sp³-hybridized carbons (Fsp3) is 0.0526. The van der Waals surface area contributed by atoms with Crippen molar-refractivity contribution in [2.75, 3.05) is 0 Å². The zero-order valence-corrected chi connectivity index (χ0v) is 11.4. The molecule has 0 heterocycles. The van der Waals surface area contributed by atoms with Crippen LogP contribution in [0.15, 0.2) is 72.8 Å². The topological polar surface area (TPSA) is 20.2 Å². The highest BCUT2D eigenvalue weighted by atomic mass is 16.3. The average Bonchev–Trinajstić information content (AvgIpc) is 2.48. The van der Waals surface area contributed by atoms with Gasteiger partial charge in [-0.2, -0.15) is 0 Å². The molecule has 1 nitrogen and oxygen atoms in total. The number of hydrogen-bond donors (Lipinski definition) is 1. The van der Waals surface area contributed by atoms with Crippen LogP contribution in [0.2, 0.25) is 0 Å². The molecule has 3 aromatic carbocycles. The van der Waals surface area contributed by atoms with Crippen LogP contribution in [0.25, 0.3) is 22.3 Å². The zero-order chi connectivity index (χ0) is 13.9. The van der Waals surface area contributed by atoms with Crippen molar-refractivity contribution >= 4 is 0 Å². The normalized spacial score (nSPS) is 10.4. The van der Waals surface area contributed by atoms with Gasteiger partial charge >= 0.3 is 0 Å². The van der Waals surface area contributed by atoms with E-state index in [0.717, 1.165) is 11.1 Å². The van der Waals surface area contributed by atoms with E-state index in [1.165, 1.54) is 16.7 Å². The maximum absolute atomic E-state index is 10.0. The molecule has 0 spiro atoms. The van der Waals surface area contributed by atoms with Gasteiger partial charge in [-0.15, -0.1) is 0 Å². The summed E-state index contributed by atoms with van der Waals surface area (Å²) in [4.78, 5) is 0. The van der Waals surface area contributed by atoms with Crippen LogP contribution in [0.3, 0.4) is 0 Å². The Morgan fingerprint density at radius 2 is 1.30 bits per heavy atom. The summed E-state index contributed by atoms with van der Waals surface area (Å²) in [6, 6.07) is 24.1. The monoisotopic (exact) mass is 260 g/mol. The van der Waals surface area contributed by atoms with E-state index in [0.29, 0.717) is 5.75 Å². The lowest BCUT2D eigenvalue weighted by atomic mass is 9.96. The minimum absolute atomic E-state index is 0.317. The lowest BCUT2D eigenvalue weighted by Crippen LogP contribution is -1.85. The summed E-state index contributed by atoms with van der Waals surface area (Å²) in [7, 11) is 0. The first-order chi connectivity index (χ1) is 9.74. The highest BCUT2D eigenvalue weighted by Gasteiger charge is 2.06. The van der Waals surface area contributed by atoms with Gasteiger partial charge in [-0.05, 0) is 41.3 Å². The van der Waals surface area contributed by atoms with Crippen LogP contribution in [0.5, 0.6) is 5.75 Å². The van der Waals surface area contributed by atoms with Gasteiger partial charge in [0, 0.05) is 5.56 Å². The van der Waals surface area contributed by atoms with Gasteiger partial charge < -0.3 is 5.11 Å². The van der Waals surface area contributed by atoms with E-state index >= 15 is 0 Å². The highest BCUT2D eigenvalue weighted by Crippen LogP contribution is 2.32. The largest absolute Gasteiger partial charge is 0.507 e. The quantitative estimate of drug-likeness (QED) is 0.684. The zero-order valence-electron chi connectivity index (χ0n) is 11.4. The van der Waals surface area contributed by atoms with Crippen molar-refractivity contribution in [2.24, 2.45) is 0 Å². The van der Waals surface area contributed by atoms with Crippen LogP contribution in [0, 0.1) is 6.92 Å². The molecule has 1 N–H and O–H groups in total. The number of benzene rings is 3. The minimum Gasteiger partial charge on any atom is -0.507 e. The molecule has 0 aliphatic rings. The molecule has 0 radical (unpaired) electrons. The van der Waals surface area contributed by atoms with Crippen LogP contribution >= 0.6 is 0 Å². The van der Waals surface area contributed by atoms with Gasteiger partial charge in [0.05, 0.1) is 0 Å². The molecule has 0 amide bonds. The van der Waals surface area contributed by atoms with Gasteiger partial charge in [-0.1, -0.05) is 60.7 Å². The van der Waals surface area contributed by atoms with Crippen molar-refractivity contribution in [3.8, 4) is 28.0 Å². The second-order valence-corrected chi connectivity index (χ2v) is 4.97. The summed E-state index contributed by atoms with van der Waals surface area (Å²) in [6.45, 7) is 2.08. The van der Waals surface area contributed by atoms with Crippen LogP contribution in [-0.2, 0) is 0 Å². The molecule has 0 fully saturated rings. The first-order valence-electron chi connectivity index (χ1n) is 6.69. The molecule has 0 atom stereocenters. The third-order valence-electron chi connectivity index (χ3n) is 3.40. The van der Waals surface area contributed by atoms with Gasteiger partial charge in [0.1, 0.15) is 5.75 Å². The van der Waals surface area contributed by atoms with Gasteiger partial charge in [-0.3, -0.25) is 0 Å². The summed E-state index contributed by atoms with van der Waals surface area (Å²) in [5.74, 6) is 0.317. The molecule has 20 heavy (non-hydrogen) atoms. The Bertz CT molecular complexity index is 730. The smallest absolute Gasteiger partial charge is 0.123 e. The molecule has 3 aromatic rings. The number of aryl methyl sites for hydroxylation is 1. The molecular weight excluding hydrogens is 244 g/mol. The van der Waals surface area contributed by atoms with Gasteiger partial charge in [0.2, 0.25) is 0 Å². The summed E-state index contributed by atoms with van der Waals surface area (Å²) in [5, 5.41) is 10.0. The number of rotatable bonds is 2. The molecule has 0 aliphatic carbocycles. The third-order valence-corrected chi connectivity index (χ3v) is 3.40. The SMILES string of the molecule is Cc1cc(-c2ccccc2)cc(-c2ccccc2O)c1. The van der Waals surface area contributed by atoms with Crippen molar-refractivity contribution in [3.63, 3.8) is 0 Å². The molecule has 0 aliphatic heterocycles. The first kappa shape index (κ1) is 12.5. The predicted octanol–water partition coefficient (Wildman–Crippen LogP) is 5.03. The average molecular weight is 260 g/mol. The van der Waals surface area contributed by atoms with Crippen LogP contribution in [0.4, 0.5) is 0 Å². The summed E-state index contributed by atoms with van der Waals surface area (Å²) in [6.07, 6.45) is 0. The highest BCUT2D eigenvalue weighted by molar-refractivity contribution is 5.77. The molecule has 1 heteroatoms. The third kappa shape index (κ3) is 2.43. The predicted molar refractivity (Wildman–Crippen MR) is 83.7 cm³/mol. The van der Waals surface area contributed by atoms with E-state index < -0.39 is 0 Å². The summed E-state index contributed by atoms with van der Waals surface area (Å²) < 4.78 is 0. The number of para-hydroxylation sites is 1. The maximum Gasteiger partial charge on any atom is 0.123 e. The Balaban J connectivity index is 2.15. The van der Waals surface area contributed by atoms with Crippen molar-refractivity contribution in [1.29, 1.82) is 0 Å². The Labute approximate surface area is 119 Å². The summed E-state index contributed by atoms with van der Waals surface area (Å²) >= 11 is 0. The molecule has 98 valence electrons. The number of aromatic hydroxyl groups is 1. The van der Waals surface area contributed by atoms with E-state index in [1.54, 1.807) is 6.07 Å². The Morgan fingerprint density at radius 3 is 2.05 bits per heavy atom. The van der Waals surface area contributed by atoms with Crippen molar-refractivity contribution in [3.05, 3.63) is 78.4 Å². The van der Waals surface area contributed by atoms with E-state index in [9.17, 15) is 5.11 Å². The molecule has 0 saturated heterocycles.